The lowest BCUT2D eigenvalue weighted by Gasteiger charge is -2.13. The lowest BCUT2D eigenvalue weighted by Crippen LogP contribution is -2.01. The Kier molecular flexibility index (Phi) is 5.81. The van der Waals surface area contributed by atoms with Gasteiger partial charge in [-0.2, -0.15) is 0 Å². The monoisotopic (exact) mass is 614 g/mol. The fourth-order valence-corrected chi connectivity index (χ4v) is 7.15. The normalized spacial score (nSPS) is 11.8. The second-order valence-electron chi connectivity index (χ2n) is 12.0. The van der Waals surface area contributed by atoms with Crippen LogP contribution in [0.5, 0.6) is 0 Å². The molecule has 0 unspecified atom stereocenters. The fraction of sp³-hybridized carbons (Fsp3) is 0. The molecule has 5 nitrogen and oxygen atoms in total. The number of benzene rings is 7. The summed E-state index contributed by atoms with van der Waals surface area (Å²) >= 11 is 0. The standard InChI is InChI=1S/C43H26N4O/c1-3-14-27(15-4-1)41-44-42(28-16-5-2-6-17-28)46-43(45-41)38-30-19-8-7-18-29(30)26-37-40(38)39-35(24-13-25-36(39)48-37)47-33-22-11-9-20-31(33)32-21-10-12-23-34(32)47/h1-26H. The van der Waals surface area contributed by atoms with Gasteiger partial charge in [-0.3, -0.25) is 0 Å². The minimum Gasteiger partial charge on any atom is -0.456 e. The van der Waals surface area contributed by atoms with E-state index in [1.807, 2.05) is 60.7 Å². The van der Waals surface area contributed by atoms with Gasteiger partial charge in [-0.05, 0) is 41.1 Å². The average molecular weight is 615 g/mol. The van der Waals surface area contributed by atoms with E-state index in [9.17, 15) is 0 Å². The summed E-state index contributed by atoms with van der Waals surface area (Å²) in [6.45, 7) is 0. The number of furan rings is 1. The first-order valence-corrected chi connectivity index (χ1v) is 16.0. The predicted molar refractivity (Wildman–Crippen MR) is 195 cm³/mol. The first-order chi connectivity index (χ1) is 23.8. The van der Waals surface area contributed by atoms with Crippen LogP contribution in [0.1, 0.15) is 0 Å². The average Bonchev–Trinajstić information content (AvgIpc) is 3.70. The third kappa shape index (κ3) is 4.01. The Morgan fingerprint density at radius 1 is 0.417 bits per heavy atom. The van der Waals surface area contributed by atoms with Gasteiger partial charge in [-0.25, -0.2) is 15.0 Å². The van der Waals surface area contributed by atoms with E-state index in [-0.39, 0.29) is 0 Å². The second-order valence-corrected chi connectivity index (χ2v) is 12.0. The van der Waals surface area contributed by atoms with Crippen LogP contribution in [-0.4, -0.2) is 19.5 Å². The zero-order valence-electron chi connectivity index (χ0n) is 25.7. The van der Waals surface area contributed by atoms with Crippen LogP contribution >= 0.6 is 0 Å². The number of nitrogens with zero attached hydrogens (tertiary/aromatic N) is 4. The predicted octanol–water partition coefficient (Wildman–Crippen LogP) is 11.0. The van der Waals surface area contributed by atoms with Gasteiger partial charge in [0.15, 0.2) is 17.5 Å². The smallest absolute Gasteiger partial charge is 0.165 e. The minimum atomic E-state index is 0.601. The van der Waals surface area contributed by atoms with Crippen LogP contribution in [0.15, 0.2) is 162 Å². The maximum Gasteiger partial charge on any atom is 0.165 e. The SMILES string of the molecule is c1ccc(-c2nc(-c3ccccc3)nc(-c3c4ccccc4cc4oc5cccc(-n6c7ccccc7c7ccccc76)c5c34)n2)cc1. The molecule has 0 N–H and O–H groups in total. The maximum atomic E-state index is 6.73. The Morgan fingerprint density at radius 3 is 1.60 bits per heavy atom. The number of aromatic nitrogens is 4. The third-order valence-electron chi connectivity index (χ3n) is 9.23. The molecule has 3 heterocycles. The summed E-state index contributed by atoms with van der Waals surface area (Å²) < 4.78 is 9.09. The van der Waals surface area contributed by atoms with Gasteiger partial charge in [0.1, 0.15) is 11.2 Å². The van der Waals surface area contributed by atoms with Crippen LogP contribution in [0.3, 0.4) is 0 Å². The Morgan fingerprint density at radius 2 is 0.958 bits per heavy atom. The van der Waals surface area contributed by atoms with E-state index in [0.29, 0.717) is 17.5 Å². The number of para-hydroxylation sites is 2. The fourth-order valence-electron chi connectivity index (χ4n) is 7.15. The van der Waals surface area contributed by atoms with E-state index >= 15 is 0 Å². The largest absolute Gasteiger partial charge is 0.456 e. The van der Waals surface area contributed by atoms with E-state index in [2.05, 4.69) is 102 Å². The molecule has 0 aliphatic rings. The molecule has 0 fully saturated rings. The van der Waals surface area contributed by atoms with Gasteiger partial charge < -0.3 is 8.98 Å². The summed E-state index contributed by atoms with van der Waals surface area (Å²) in [5, 5.41) is 6.52. The first kappa shape index (κ1) is 26.6. The molecule has 10 rings (SSSR count). The van der Waals surface area contributed by atoms with Gasteiger partial charge in [0.05, 0.1) is 22.1 Å². The Hall–Kier alpha value is -6.59. The van der Waals surface area contributed by atoms with Crippen LogP contribution in [0.2, 0.25) is 0 Å². The molecular weight excluding hydrogens is 589 g/mol. The van der Waals surface area contributed by atoms with Crippen molar-refractivity contribution in [2.75, 3.05) is 0 Å². The number of fused-ring (bicyclic) bond motifs is 7. The van der Waals surface area contributed by atoms with Crippen molar-refractivity contribution in [3.8, 4) is 39.9 Å². The summed E-state index contributed by atoms with van der Waals surface area (Å²) in [6.07, 6.45) is 0. The first-order valence-electron chi connectivity index (χ1n) is 16.0. The molecule has 0 saturated heterocycles. The number of rotatable bonds is 4. The molecule has 0 amide bonds. The molecule has 0 spiro atoms. The van der Waals surface area contributed by atoms with Crippen molar-refractivity contribution in [2.24, 2.45) is 0 Å². The topological polar surface area (TPSA) is 56.7 Å². The molecule has 0 saturated carbocycles. The highest BCUT2D eigenvalue weighted by molar-refractivity contribution is 6.23. The Bertz CT molecular complexity index is 2720. The molecule has 48 heavy (non-hydrogen) atoms. The van der Waals surface area contributed by atoms with Crippen molar-refractivity contribution >= 4 is 54.5 Å². The van der Waals surface area contributed by atoms with E-state index in [4.69, 9.17) is 19.4 Å². The van der Waals surface area contributed by atoms with Crippen LogP contribution < -0.4 is 0 Å². The lowest BCUT2D eigenvalue weighted by molar-refractivity contribution is 0.669. The zero-order valence-corrected chi connectivity index (χ0v) is 25.7. The van der Waals surface area contributed by atoms with E-state index in [0.717, 1.165) is 66.1 Å². The molecule has 0 aliphatic heterocycles. The van der Waals surface area contributed by atoms with Crippen LogP contribution in [0.4, 0.5) is 0 Å². The zero-order chi connectivity index (χ0) is 31.6. The second kappa shape index (κ2) is 10.5. The van der Waals surface area contributed by atoms with Crippen molar-refractivity contribution in [3.63, 3.8) is 0 Å². The van der Waals surface area contributed by atoms with Crippen LogP contribution in [-0.2, 0) is 0 Å². The van der Waals surface area contributed by atoms with Gasteiger partial charge in [-0.1, -0.05) is 127 Å². The summed E-state index contributed by atoms with van der Waals surface area (Å²) in [7, 11) is 0. The lowest BCUT2D eigenvalue weighted by atomic mass is 9.97. The van der Waals surface area contributed by atoms with Crippen molar-refractivity contribution in [1.82, 2.24) is 19.5 Å². The molecule has 0 bridgehead atoms. The van der Waals surface area contributed by atoms with Crippen molar-refractivity contribution in [3.05, 3.63) is 158 Å². The van der Waals surface area contributed by atoms with Gasteiger partial charge in [0.2, 0.25) is 0 Å². The third-order valence-corrected chi connectivity index (χ3v) is 9.23. The summed E-state index contributed by atoms with van der Waals surface area (Å²) in [6, 6.07) is 54.3. The maximum absolute atomic E-state index is 6.73. The van der Waals surface area contributed by atoms with Gasteiger partial charge in [-0.15, -0.1) is 0 Å². The molecule has 224 valence electrons. The molecule has 7 aromatic carbocycles. The highest BCUT2D eigenvalue weighted by Crippen LogP contribution is 2.44. The van der Waals surface area contributed by atoms with Crippen LogP contribution in [0, 0.1) is 0 Å². The van der Waals surface area contributed by atoms with Crippen molar-refractivity contribution in [1.29, 1.82) is 0 Å². The minimum absolute atomic E-state index is 0.601. The highest BCUT2D eigenvalue weighted by atomic mass is 16.3. The highest BCUT2D eigenvalue weighted by Gasteiger charge is 2.24. The number of hydrogen-bond donors (Lipinski definition) is 0. The molecule has 5 heteroatoms. The van der Waals surface area contributed by atoms with Crippen molar-refractivity contribution < 1.29 is 4.42 Å². The van der Waals surface area contributed by atoms with Gasteiger partial charge in [0.25, 0.3) is 0 Å². The summed E-state index contributed by atoms with van der Waals surface area (Å²) in [4.78, 5) is 15.4. The summed E-state index contributed by atoms with van der Waals surface area (Å²) in [5.74, 6) is 1.84. The molecule has 3 aromatic heterocycles. The molecule has 10 aromatic rings. The van der Waals surface area contributed by atoms with E-state index < -0.39 is 0 Å². The van der Waals surface area contributed by atoms with Gasteiger partial charge >= 0.3 is 0 Å². The quantitative estimate of drug-likeness (QED) is 0.198. The summed E-state index contributed by atoms with van der Waals surface area (Å²) in [5.41, 5.74) is 7.70. The Balaban J connectivity index is 1.37. The number of hydrogen-bond acceptors (Lipinski definition) is 4. The van der Waals surface area contributed by atoms with Gasteiger partial charge in [0, 0.05) is 32.8 Å². The van der Waals surface area contributed by atoms with Crippen molar-refractivity contribution in [2.45, 2.75) is 0 Å². The molecule has 0 atom stereocenters. The van der Waals surface area contributed by atoms with Crippen LogP contribution in [0.25, 0.3) is 94.4 Å². The van der Waals surface area contributed by atoms with E-state index in [1.165, 1.54) is 10.8 Å². The molecule has 0 radical (unpaired) electrons. The molecule has 0 aliphatic carbocycles. The molecular formula is C43H26N4O. The van der Waals surface area contributed by atoms with E-state index in [1.54, 1.807) is 0 Å². The Labute approximate surface area is 275 Å².